The number of nitrogens with zero attached hydrogens (tertiary/aromatic N) is 3. The predicted molar refractivity (Wildman–Crippen MR) is 88.0 cm³/mol. The summed E-state index contributed by atoms with van der Waals surface area (Å²) in [6, 6.07) is 3.38. The van der Waals surface area contributed by atoms with Gasteiger partial charge in [-0.1, -0.05) is 25.4 Å². The van der Waals surface area contributed by atoms with Gasteiger partial charge in [-0.2, -0.15) is 0 Å². The zero-order valence-electron chi connectivity index (χ0n) is 13.0. The Labute approximate surface area is 132 Å². The lowest BCUT2D eigenvalue weighted by atomic mass is 10.2. The second-order valence-electron chi connectivity index (χ2n) is 6.44. The lowest BCUT2D eigenvalue weighted by molar-refractivity contribution is 0.247. The van der Waals surface area contributed by atoms with Crippen molar-refractivity contribution in [1.82, 2.24) is 15.2 Å². The quantitative estimate of drug-likeness (QED) is 0.906. The molecule has 2 heterocycles. The molecule has 0 unspecified atom stereocenters. The van der Waals surface area contributed by atoms with E-state index in [1.165, 1.54) is 12.8 Å². The van der Waals surface area contributed by atoms with E-state index in [1.807, 2.05) is 12.3 Å². The van der Waals surface area contributed by atoms with Gasteiger partial charge in [0.1, 0.15) is 5.82 Å². The molecule has 1 aromatic rings. The number of nitrogens with one attached hydrogen (secondary N) is 1. The van der Waals surface area contributed by atoms with Crippen molar-refractivity contribution in [2.45, 2.75) is 45.3 Å². The molecule has 0 bridgehead atoms. The molecule has 1 aliphatic carbocycles. The molecule has 0 aromatic carbocycles. The largest absolute Gasteiger partial charge is 0.353 e. The minimum absolute atomic E-state index is 0.471. The fourth-order valence-electron chi connectivity index (χ4n) is 2.86. The van der Waals surface area contributed by atoms with E-state index >= 15 is 0 Å². The van der Waals surface area contributed by atoms with Crippen LogP contribution in [0.3, 0.4) is 0 Å². The fourth-order valence-corrected chi connectivity index (χ4v) is 3.17. The average molecular weight is 309 g/mol. The third kappa shape index (κ3) is 3.87. The Hall–Kier alpha value is -0.840. The second-order valence-corrected chi connectivity index (χ2v) is 6.85. The number of halogens is 1. The van der Waals surface area contributed by atoms with E-state index in [4.69, 9.17) is 11.6 Å². The maximum Gasteiger partial charge on any atom is 0.147 e. The maximum absolute atomic E-state index is 6.44. The molecule has 1 aliphatic heterocycles. The molecule has 1 saturated heterocycles. The number of anilines is 1. The van der Waals surface area contributed by atoms with Gasteiger partial charge in [-0.3, -0.25) is 4.90 Å². The average Bonchev–Trinajstić information content (AvgIpc) is 3.30. The zero-order chi connectivity index (χ0) is 14.8. The fraction of sp³-hybridized carbons (Fsp3) is 0.688. The second kappa shape index (κ2) is 6.51. The number of aromatic nitrogens is 1. The van der Waals surface area contributed by atoms with Gasteiger partial charge >= 0.3 is 0 Å². The summed E-state index contributed by atoms with van der Waals surface area (Å²) < 4.78 is 0. The summed E-state index contributed by atoms with van der Waals surface area (Å²) in [6.45, 7) is 9.45. The summed E-state index contributed by atoms with van der Waals surface area (Å²) in [7, 11) is 0. The summed E-state index contributed by atoms with van der Waals surface area (Å²) >= 11 is 6.44. The van der Waals surface area contributed by atoms with Gasteiger partial charge in [0.15, 0.2) is 0 Å². The van der Waals surface area contributed by atoms with E-state index in [0.29, 0.717) is 6.04 Å². The van der Waals surface area contributed by atoms with Gasteiger partial charge in [-0.25, -0.2) is 4.98 Å². The number of piperazine rings is 1. The van der Waals surface area contributed by atoms with Crippen LogP contribution >= 0.6 is 11.6 Å². The van der Waals surface area contributed by atoms with Gasteiger partial charge in [0, 0.05) is 51.0 Å². The van der Waals surface area contributed by atoms with E-state index in [1.54, 1.807) is 0 Å². The van der Waals surface area contributed by atoms with Crippen molar-refractivity contribution in [1.29, 1.82) is 0 Å². The summed E-state index contributed by atoms with van der Waals surface area (Å²) in [5.74, 6) is 0.945. The van der Waals surface area contributed by atoms with Crippen LogP contribution in [0, 0.1) is 0 Å². The molecule has 1 aromatic heterocycles. The summed E-state index contributed by atoms with van der Waals surface area (Å²) in [5.41, 5.74) is 1.15. The van der Waals surface area contributed by atoms with Crippen molar-refractivity contribution < 1.29 is 0 Å². The van der Waals surface area contributed by atoms with Gasteiger partial charge in [-0.15, -0.1) is 0 Å². The molecule has 5 heteroatoms. The lowest BCUT2D eigenvalue weighted by Crippen LogP contribution is -2.47. The van der Waals surface area contributed by atoms with Crippen LogP contribution in [0.15, 0.2) is 12.3 Å². The smallest absolute Gasteiger partial charge is 0.147 e. The van der Waals surface area contributed by atoms with Crippen LogP contribution in [0.5, 0.6) is 0 Å². The molecule has 0 radical (unpaired) electrons. The van der Waals surface area contributed by atoms with E-state index in [0.717, 1.165) is 55.2 Å². The van der Waals surface area contributed by atoms with Crippen molar-refractivity contribution in [3.63, 3.8) is 0 Å². The summed E-state index contributed by atoms with van der Waals surface area (Å²) in [6.07, 6.45) is 4.72. The topological polar surface area (TPSA) is 31.4 Å². The molecule has 116 valence electrons. The van der Waals surface area contributed by atoms with Crippen molar-refractivity contribution in [2.24, 2.45) is 0 Å². The predicted octanol–water partition coefficient (Wildman–Crippen LogP) is 2.52. The normalized spacial score (nSPS) is 20.3. The standard InChI is InChI=1S/C16H25ClN4/c1-12(2)18-10-13-9-15(17)16(19-11-13)21-7-5-20(6-8-21)14-3-4-14/h9,11-12,14,18H,3-8,10H2,1-2H3. The van der Waals surface area contributed by atoms with E-state index in [-0.39, 0.29) is 0 Å². The highest BCUT2D eigenvalue weighted by Crippen LogP contribution is 2.30. The van der Waals surface area contributed by atoms with E-state index in [2.05, 4.69) is 33.9 Å². The maximum atomic E-state index is 6.44. The molecular formula is C16H25ClN4. The van der Waals surface area contributed by atoms with Crippen molar-refractivity contribution in [3.8, 4) is 0 Å². The molecule has 0 atom stereocenters. The SMILES string of the molecule is CC(C)NCc1cnc(N2CCN(C3CC3)CC2)c(Cl)c1. The third-order valence-corrected chi connectivity index (χ3v) is 4.55. The first-order valence-corrected chi connectivity index (χ1v) is 8.38. The van der Waals surface area contributed by atoms with Gasteiger partial charge in [0.05, 0.1) is 5.02 Å². The molecule has 1 N–H and O–H groups in total. The van der Waals surface area contributed by atoms with Crippen LogP contribution in [0.2, 0.25) is 5.02 Å². The highest BCUT2D eigenvalue weighted by molar-refractivity contribution is 6.33. The first-order chi connectivity index (χ1) is 10.1. The lowest BCUT2D eigenvalue weighted by Gasteiger charge is -2.35. The minimum Gasteiger partial charge on any atom is -0.353 e. The van der Waals surface area contributed by atoms with Gasteiger partial charge in [-0.05, 0) is 24.5 Å². The van der Waals surface area contributed by atoms with Crippen LogP contribution in [0.25, 0.3) is 0 Å². The van der Waals surface area contributed by atoms with Crippen molar-refractivity contribution in [3.05, 3.63) is 22.8 Å². The minimum atomic E-state index is 0.471. The Morgan fingerprint density at radius 2 is 2.00 bits per heavy atom. The highest BCUT2D eigenvalue weighted by Gasteiger charge is 2.31. The Morgan fingerprint density at radius 3 is 2.57 bits per heavy atom. The van der Waals surface area contributed by atoms with Crippen molar-refractivity contribution in [2.75, 3.05) is 31.1 Å². The molecular weight excluding hydrogens is 284 g/mol. The molecule has 0 amide bonds. The Balaban J connectivity index is 1.60. The monoisotopic (exact) mass is 308 g/mol. The van der Waals surface area contributed by atoms with Gasteiger partial charge in [0.25, 0.3) is 0 Å². The van der Waals surface area contributed by atoms with Crippen LogP contribution < -0.4 is 10.2 Å². The van der Waals surface area contributed by atoms with Crippen LogP contribution in [0.1, 0.15) is 32.3 Å². The van der Waals surface area contributed by atoms with Crippen molar-refractivity contribution >= 4 is 17.4 Å². The molecule has 4 nitrogen and oxygen atoms in total. The Bertz CT molecular complexity index is 479. The summed E-state index contributed by atoms with van der Waals surface area (Å²) in [4.78, 5) is 9.52. The first kappa shape index (κ1) is 15.1. The molecule has 21 heavy (non-hydrogen) atoms. The Morgan fingerprint density at radius 1 is 1.29 bits per heavy atom. The third-order valence-electron chi connectivity index (χ3n) is 4.27. The highest BCUT2D eigenvalue weighted by atomic mass is 35.5. The number of hydrogen-bond donors (Lipinski definition) is 1. The molecule has 2 fully saturated rings. The molecule has 1 saturated carbocycles. The molecule has 3 rings (SSSR count). The van der Waals surface area contributed by atoms with Crippen LogP contribution in [-0.2, 0) is 6.54 Å². The van der Waals surface area contributed by atoms with Gasteiger partial charge < -0.3 is 10.2 Å². The van der Waals surface area contributed by atoms with Crippen LogP contribution in [-0.4, -0.2) is 48.1 Å². The van der Waals surface area contributed by atoms with Crippen LogP contribution in [0.4, 0.5) is 5.82 Å². The zero-order valence-corrected chi connectivity index (χ0v) is 13.7. The summed E-state index contributed by atoms with van der Waals surface area (Å²) in [5, 5.41) is 4.17. The Kier molecular flexibility index (Phi) is 4.67. The van der Waals surface area contributed by atoms with Gasteiger partial charge in [0.2, 0.25) is 0 Å². The van der Waals surface area contributed by atoms with E-state index < -0.39 is 0 Å². The molecule has 2 aliphatic rings. The number of rotatable bonds is 5. The number of pyridine rings is 1. The first-order valence-electron chi connectivity index (χ1n) is 8.00. The molecule has 0 spiro atoms. The van der Waals surface area contributed by atoms with E-state index in [9.17, 15) is 0 Å². The number of hydrogen-bond acceptors (Lipinski definition) is 4.